The van der Waals surface area contributed by atoms with Crippen molar-refractivity contribution >= 4 is 6.09 Å². The first kappa shape index (κ1) is 16.3. The van der Waals surface area contributed by atoms with Crippen molar-refractivity contribution in [2.75, 3.05) is 19.6 Å². The van der Waals surface area contributed by atoms with Crippen molar-refractivity contribution in [2.24, 2.45) is 17.1 Å². The highest BCUT2D eigenvalue weighted by Gasteiger charge is 2.32. The molecule has 112 valence electrons. The standard InChI is InChI=1S/C15H30N2O2/c1-14(2,3)11-15(4,5)19-13(18)17-8-6-12(10-16)7-9-17/h12H,6-11,16H2,1-5H3. The van der Waals surface area contributed by atoms with Gasteiger partial charge in [0.05, 0.1) is 0 Å². The number of ether oxygens (including phenoxy) is 1. The molecule has 4 heteroatoms. The summed E-state index contributed by atoms with van der Waals surface area (Å²) in [6.07, 6.45) is 2.66. The van der Waals surface area contributed by atoms with Crippen LogP contribution in [0, 0.1) is 11.3 Å². The number of rotatable bonds is 3. The fourth-order valence-electron chi connectivity index (χ4n) is 2.97. The van der Waals surface area contributed by atoms with Crippen LogP contribution in [0.3, 0.4) is 0 Å². The van der Waals surface area contributed by atoms with Crippen molar-refractivity contribution in [1.82, 2.24) is 4.90 Å². The van der Waals surface area contributed by atoms with Crippen molar-refractivity contribution in [3.8, 4) is 0 Å². The maximum Gasteiger partial charge on any atom is 0.410 e. The molecule has 0 atom stereocenters. The van der Waals surface area contributed by atoms with E-state index in [4.69, 9.17) is 10.5 Å². The molecule has 0 aromatic rings. The molecule has 1 aliphatic rings. The van der Waals surface area contributed by atoms with Crippen molar-refractivity contribution < 1.29 is 9.53 Å². The molecule has 0 aromatic heterocycles. The fraction of sp³-hybridized carbons (Fsp3) is 0.933. The van der Waals surface area contributed by atoms with E-state index in [-0.39, 0.29) is 11.5 Å². The molecule has 1 aliphatic heterocycles. The molecule has 1 fully saturated rings. The summed E-state index contributed by atoms with van der Waals surface area (Å²) in [6, 6.07) is 0. The van der Waals surface area contributed by atoms with Crippen molar-refractivity contribution in [1.29, 1.82) is 0 Å². The molecule has 2 N–H and O–H groups in total. The Kier molecular flexibility index (Phi) is 5.25. The third kappa shape index (κ3) is 5.81. The summed E-state index contributed by atoms with van der Waals surface area (Å²) in [7, 11) is 0. The number of nitrogens with zero attached hydrogens (tertiary/aromatic N) is 1. The Morgan fingerprint density at radius 1 is 1.21 bits per heavy atom. The van der Waals surface area contributed by atoms with Gasteiger partial charge < -0.3 is 15.4 Å². The number of carbonyl (C=O) groups excluding carboxylic acids is 1. The minimum Gasteiger partial charge on any atom is -0.443 e. The molecule has 0 aliphatic carbocycles. The number of piperidine rings is 1. The van der Waals surface area contributed by atoms with E-state index in [1.807, 2.05) is 18.7 Å². The third-order valence-electron chi connectivity index (χ3n) is 3.53. The predicted octanol–water partition coefficient (Wildman–Crippen LogP) is 3.01. The Labute approximate surface area is 117 Å². The van der Waals surface area contributed by atoms with Gasteiger partial charge >= 0.3 is 6.09 Å². The van der Waals surface area contributed by atoms with Crippen LogP contribution in [0.4, 0.5) is 4.79 Å². The predicted molar refractivity (Wildman–Crippen MR) is 78.0 cm³/mol. The van der Waals surface area contributed by atoms with Gasteiger partial charge in [-0.15, -0.1) is 0 Å². The van der Waals surface area contributed by atoms with E-state index < -0.39 is 5.60 Å². The maximum absolute atomic E-state index is 12.2. The Bertz CT molecular complexity index is 300. The zero-order chi connectivity index (χ0) is 14.7. The van der Waals surface area contributed by atoms with Crippen molar-refractivity contribution in [2.45, 2.75) is 59.5 Å². The molecule has 1 rings (SSSR count). The molecule has 19 heavy (non-hydrogen) atoms. The van der Waals surface area contributed by atoms with Crippen LogP contribution in [0.25, 0.3) is 0 Å². The van der Waals surface area contributed by atoms with Gasteiger partial charge in [-0.2, -0.15) is 0 Å². The molecular weight excluding hydrogens is 240 g/mol. The highest BCUT2D eigenvalue weighted by atomic mass is 16.6. The Morgan fingerprint density at radius 2 is 1.74 bits per heavy atom. The van der Waals surface area contributed by atoms with Gasteiger partial charge in [0.15, 0.2) is 0 Å². The highest BCUT2D eigenvalue weighted by molar-refractivity contribution is 5.68. The summed E-state index contributed by atoms with van der Waals surface area (Å²) in [5.41, 5.74) is 5.39. The van der Waals surface area contributed by atoms with E-state index in [1.54, 1.807) is 0 Å². The second-order valence-electron chi connectivity index (χ2n) is 7.53. The lowest BCUT2D eigenvalue weighted by molar-refractivity contribution is -0.0137. The minimum atomic E-state index is -0.417. The Balaban J connectivity index is 2.46. The summed E-state index contributed by atoms with van der Waals surface area (Å²) in [4.78, 5) is 14.0. The average Bonchev–Trinajstić information content (AvgIpc) is 2.25. The largest absolute Gasteiger partial charge is 0.443 e. The monoisotopic (exact) mass is 270 g/mol. The molecule has 0 bridgehead atoms. The van der Waals surface area contributed by atoms with Crippen molar-refractivity contribution in [3.63, 3.8) is 0 Å². The molecule has 0 aromatic carbocycles. The molecular formula is C15H30N2O2. The smallest absolute Gasteiger partial charge is 0.410 e. The molecule has 4 nitrogen and oxygen atoms in total. The maximum atomic E-state index is 12.2. The van der Waals surface area contributed by atoms with Crippen LogP contribution >= 0.6 is 0 Å². The van der Waals surface area contributed by atoms with Gasteiger partial charge in [-0.25, -0.2) is 4.79 Å². The highest BCUT2D eigenvalue weighted by Crippen LogP contribution is 2.30. The number of likely N-dealkylation sites (tertiary alicyclic amines) is 1. The molecule has 0 unspecified atom stereocenters. The minimum absolute atomic E-state index is 0.149. The molecule has 0 saturated carbocycles. The lowest BCUT2D eigenvalue weighted by atomic mass is 9.84. The van der Waals surface area contributed by atoms with Gasteiger partial charge in [0.2, 0.25) is 0 Å². The quantitative estimate of drug-likeness (QED) is 0.857. The molecule has 1 saturated heterocycles. The summed E-state index contributed by atoms with van der Waals surface area (Å²) in [5, 5.41) is 0. The number of amides is 1. The number of hydrogen-bond acceptors (Lipinski definition) is 3. The first-order valence-electron chi connectivity index (χ1n) is 7.31. The third-order valence-corrected chi connectivity index (χ3v) is 3.53. The number of nitrogens with two attached hydrogens (primary N) is 1. The van der Waals surface area contributed by atoms with Crippen LogP contribution in [0.2, 0.25) is 0 Å². The van der Waals surface area contributed by atoms with Gasteiger partial charge in [-0.05, 0) is 51.0 Å². The lowest BCUT2D eigenvalue weighted by Gasteiger charge is -2.36. The van der Waals surface area contributed by atoms with Crippen LogP contribution in [-0.2, 0) is 4.74 Å². The van der Waals surface area contributed by atoms with Crippen LogP contribution in [0.1, 0.15) is 53.9 Å². The second-order valence-corrected chi connectivity index (χ2v) is 7.53. The van der Waals surface area contributed by atoms with E-state index in [2.05, 4.69) is 20.8 Å². The second kappa shape index (κ2) is 6.12. The van der Waals surface area contributed by atoms with Gasteiger partial charge in [-0.3, -0.25) is 0 Å². The Hall–Kier alpha value is -0.770. The van der Waals surface area contributed by atoms with E-state index in [0.717, 1.165) is 38.9 Å². The summed E-state index contributed by atoms with van der Waals surface area (Å²) >= 11 is 0. The van der Waals surface area contributed by atoms with E-state index >= 15 is 0 Å². The molecule has 0 radical (unpaired) electrons. The topological polar surface area (TPSA) is 55.6 Å². The number of carbonyl (C=O) groups is 1. The Morgan fingerprint density at radius 3 is 2.16 bits per heavy atom. The lowest BCUT2D eigenvalue weighted by Crippen LogP contribution is -2.44. The fourth-order valence-corrected chi connectivity index (χ4v) is 2.97. The number of hydrogen-bond donors (Lipinski definition) is 1. The average molecular weight is 270 g/mol. The van der Waals surface area contributed by atoms with Gasteiger partial charge in [0.1, 0.15) is 5.60 Å². The summed E-state index contributed by atoms with van der Waals surface area (Å²) < 4.78 is 5.68. The van der Waals surface area contributed by atoms with Gasteiger partial charge in [0.25, 0.3) is 0 Å². The summed E-state index contributed by atoms with van der Waals surface area (Å²) in [5.74, 6) is 0.562. The SMILES string of the molecule is CC(C)(C)CC(C)(C)OC(=O)N1CCC(CN)CC1. The molecule has 1 heterocycles. The van der Waals surface area contributed by atoms with Crippen LogP contribution in [0.15, 0.2) is 0 Å². The van der Waals surface area contributed by atoms with E-state index in [9.17, 15) is 4.79 Å². The summed E-state index contributed by atoms with van der Waals surface area (Å²) in [6.45, 7) is 12.7. The zero-order valence-electron chi connectivity index (χ0n) is 13.2. The first-order valence-corrected chi connectivity index (χ1v) is 7.31. The van der Waals surface area contributed by atoms with Crippen LogP contribution in [-0.4, -0.2) is 36.2 Å². The molecule has 0 spiro atoms. The molecule has 1 amide bonds. The van der Waals surface area contributed by atoms with Crippen LogP contribution < -0.4 is 5.73 Å². The van der Waals surface area contributed by atoms with Crippen molar-refractivity contribution in [3.05, 3.63) is 0 Å². The van der Waals surface area contributed by atoms with E-state index in [0.29, 0.717) is 5.92 Å². The zero-order valence-corrected chi connectivity index (χ0v) is 13.2. The van der Waals surface area contributed by atoms with Crippen LogP contribution in [0.5, 0.6) is 0 Å². The van der Waals surface area contributed by atoms with E-state index in [1.165, 1.54) is 0 Å². The van der Waals surface area contributed by atoms with Gasteiger partial charge in [0, 0.05) is 13.1 Å². The first-order chi connectivity index (χ1) is 8.63. The normalized spacial score (nSPS) is 18.5. The van der Waals surface area contributed by atoms with Gasteiger partial charge in [-0.1, -0.05) is 20.8 Å².